The van der Waals surface area contributed by atoms with Gasteiger partial charge in [0, 0.05) is 36.1 Å². The fourth-order valence-electron chi connectivity index (χ4n) is 3.58. The van der Waals surface area contributed by atoms with E-state index in [9.17, 15) is 18.3 Å². The van der Waals surface area contributed by atoms with Crippen molar-refractivity contribution in [3.8, 4) is 0 Å². The number of nitrogens with one attached hydrogen (secondary N) is 1. The Balaban J connectivity index is 1.59. The summed E-state index contributed by atoms with van der Waals surface area (Å²) in [5.41, 5.74) is 3.91. The fourth-order valence-corrected chi connectivity index (χ4v) is 5.03. The maximum atomic E-state index is 12.8. The lowest BCUT2D eigenvalue weighted by Gasteiger charge is -2.26. The number of carboxylic acid groups (broad SMARTS) is 1. The van der Waals surface area contributed by atoms with E-state index in [1.807, 2.05) is 30.3 Å². The minimum Gasteiger partial charge on any atom is -0.478 e. The molecule has 0 amide bonds. The van der Waals surface area contributed by atoms with E-state index in [4.69, 9.17) is 0 Å². The SMILES string of the molecule is O=C(O)c1ccc2[nH]c3c(c2c1)CN(S(=O)(=O)CCc1ccccc1)CC3. The van der Waals surface area contributed by atoms with Crippen LogP contribution in [0.2, 0.25) is 0 Å². The fraction of sp³-hybridized carbons (Fsp3) is 0.250. The molecule has 6 nitrogen and oxygen atoms in total. The van der Waals surface area contributed by atoms with Crippen molar-refractivity contribution >= 4 is 26.9 Å². The van der Waals surface area contributed by atoms with Crippen LogP contribution < -0.4 is 0 Å². The standard InChI is InChI=1S/C20H20N2O4S/c23-20(24)15-6-7-18-16(12-15)17-13-22(10-8-19(17)21-18)27(25,26)11-9-14-4-2-1-3-5-14/h1-7,12,21H,8-11,13H2,(H,23,24). The van der Waals surface area contributed by atoms with Crippen molar-refractivity contribution in [2.45, 2.75) is 19.4 Å². The van der Waals surface area contributed by atoms with E-state index in [0.29, 0.717) is 19.4 Å². The highest BCUT2D eigenvalue weighted by Gasteiger charge is 2.29. The largest absolute Gasteiger partial charge is 0.478 e. The van der Waals surface area contributed by atoms with E-state index in [1.54, 1.807) is 18.2 Å². The van der Waals surface area contributed by atoms with Crippen molar-refractivity contribution < 1.29 is 18.3 Å². The quantitative estimate of drug-likeness (QED) is 0.708. The van der Waals surface area contributed by atoms with E-state index >= 15 is 0 Å². The Morgan fingerprint density at radius 1 is 1.15 bits per heavy atom. The second-order valence-electron chi connectivity index (χ2n) is 6.78. The van der Waals surface area contributed by atoms with Crippen LogP contribution in [0.4, 0.5) is 0 Å². The summed E-state index contributed by atoms with van der Waals surface area (Å²) in [5.74, 6) is -0.926. The van der Waals surface area contributed by atoms with Gasteiger partial charge < -0.3 is 10.1 Å². The van der Waals surface area contributed by atoms with Gasteiger partial charge in [0.1, 0.15) is 0 Å². The number of hydrogen-bond acceptors (Lipinski definition) is 3. The molecular weight excluding hydrogens is 364 g/mol. The number of benzene rings is 2. The number of aromatic amines is 1. The molecule has 0 spiro atoms. The van der Waals surface area contributed by atoms with Crippen LogP contribution >= 0.6 is 0 Å². The summed E-state index contributed by atoms with van der Waals surface area (Å²) in [6.07, 6.45) is 1.07. The number of fused-ring (bicyclic) bond motifs is 3. The number of carbonyl (C=O) groups is 1. The summed E-state index contributed by atoms with van der Waals surface area (Å²) in [7, 11) is -3.39. The van der Waals surface area contributed by atoms with Gasteiger partial charge in [-0.05, 0) is 35.7 Å². The predicted octanol–water partition coefficient (Wildman–Crippen LogP) is 2.80. The number of carboxylic acids is 1. The van der Waals surface area contributed by atoms with Gasteiger partial charge in [-0.15, -0.1) is 0 Å². The number of aromatic carboxylic acids is 1. The zero-order chi connectivity index (χ0) is 19.0. The lowest BCUT2D eigenvalue weighted by atomic mass is 10.0. The Hall–Kier alpha value is -2.64. The average Bonchev–Trinajstić information content (AvgIpc) is 3.04. The maximum Gasteiger partial charge on any atom is 0.335 e. The van der Waals surface area contributed by atoms with Gasteiger partial charge >= 0.3 is 5.97 Å². The van der Waals surface area contributed by atoms with E-state index in [1.165, 1.54) is 4.31 Å². The van der Waals surface area contributed by atoms with E-state index < -0.39 is 16.0 Å². The van der Waals surface area contributed by atoms with Crippen LogP contribution in [-0.2, 0) is 29.4 Å². The zero-order valence-corrected chi connectivity index (χ0v) is 15.5. The van der Waals surface area contributed by atoms with Crippen molar-refractivity contribution in [1.82, 2.24) is 9.29 Å². The van der Waals surface area contributed by atoms with Crippen LogP contribution in [0.5, 0.6) is 0 Å². The summed E-state index contributed by atoms with van der Waals surface area (Å²) in [4.78, 5) is 14.6. The first kappa shape index (κ1) is 17.8. The second kappa shape index (κ2) is 6.83. The highest BCUT2D eigenvalue weighted by molar-refractivity contribution is 7.89. The van der Waals surface area contributed by atoms with Gasteiger partial charge in [0.2, 0.25) is 10.0 Å². The first-order valence-electron chi connectivity index (χ1n) is 8.82. The molecule has 0 atom stereocenters. The van der Waals surface area contributed by atoms with Gasteiger partial charge in [0.05, 0.1) is 11.3 Å². The summed E-state index contributed by atoms with van der Waals surface area (Å²) in [5, 5.41) is 10.0. The number of sulfonamides is 1. The third kappa shape index (κ3) is 3.48. The van der Waals surface area contributed by atoms with Crippen LogP contribution in [0, 0.1) is 0 Å². The van der Waals surface area contributed by atoms with Gasteiger partial charge in [-0.2, -0.15) is 4.31 Å². The molecule has 2 N–H and O–H groups in total. The molecule has 7 heteroatoms. The molecule has 0 unspecified atom stereocenters. The summed E-state index contributed by atoms with van der Waals surface area (Å²) in [6, 6.07) is 14.5. The Bertz CT molecular complexity index is 1100. The normalized spacial score (nSPS) is 15.0. The van der Waals surface area contributed by atoms with Crippen molar-refractivity contribution in [2.24, 2.45) is 0 Å². The third-order valence-corrected chi connectivity index (χ3v) is 6.89. The molecule has 4 rings (SSSR count). The molecule has 0 radical (unpaired) electrons. The molecule has 0 bridgehead atoms. The molecule has 3 aromatic rings. The minimum atomic E-state index is -3.39. The van der Waals surface area contributed by atoms with Gasteiger partial charge in [0.25, 0.3) is 0 Å². The minimum absolute atomic E-state index is 0.0646. The van der Waals surface area contributed by atoms with Crippen LogP contribution in [-0.4, -0.2) is 41.1 Å². The van der Waals surface area contributed by atoms with E-state index in [2.05, 4.69) is 4.98 Å². The smallest absolute Gasteiger partial charge is 0.335 e. The zero-order valence-electron chi connectivity index (χ0n) is 14.7. The van der Waals surface area contributed by atoms with Crippen LogP contribution in [0.1, 0.15) is 27.2 Å². The van der Waals surface area contributed by atoms with Gasteiger partial charge in [-0.3, -0.25) is 0 Å². The number of hydrogen-bond donors (Lipinski definition) is 2. The number of aryl methyl sites for hydroxylation is 1. The highest BCUT2D eigenvalue weighted by Crippen LogP contribution is 2.30. The molecule has 0 aliphatic carbocycles. The molecule has 1 aliphatic rings. The predicted molar refractivity (Wildman–Crippen MR) is 103 cm³/mol. The molecule has 2 heterocycles. The molecule has 27 heavy (non-hydrogen) atoms. The van der Waals surface area contributed by atoms with Crippen molar-refractivity contribution in [3.63, 3.8) is 0 Å². The van der Waals surface area contributed by atoms with E-state index in [0.717, 1.165) is 27.7 Å². The Labute approximate surface area is 157 Å². The van der Waals surface area contributed by atoms with Crippen molar-refractivity contribution in [2.75, 3.05) is 12.3 Å². The van der Waals surface area contributed by atoms with Gasteiger partial charge in [-0.1, -0.05) is 30.3 Å². The molecule has 2 aromatic carbocycles. The van der Waals surface area contributed by atoms with Gasteiger partial charge in [-0.25, -0.2) is 13.2 Å². The number of H-pyrrole nitrogens is 1. The average molecular weight is 384 g/mol. The maximum absolute atomic E-state index is 12.8. The van der Waals surface area contributed by atoms with Crippen LogP contribution in [0.15, 0.2) is 48.5 Å². The summed E-state index contributed by atoms with van der Waals surface area (Å²) < 4.78 is 27.2. The number of rotatable bonds is 5. The molecule has 1 aromatic heterocycles. The summed E-state index contributed by atoms with van der Waals surface area (Å²) >= 11 is 0. The van der Waals surface area contributed by atoms with Gasteiger partial charge in [0.15, 0.2) is 0 Å². The van der Waals surface area contributed by atoms with Crippen LogP contribution in [0.3, 0.4) is 0 Å². The molecule has 0 saturated carbocycles. The number of aromatic nitrogens is 1. The number of nitrogens with zero attached hydrogens (tertiary/aromatic N) is 1. The summed E-state index contributed by atoms with van der Waals surface area (Å²) in [6.45, 7) is 0.707. The lowest BCUT2D eigenvalue weighted by Crippen LogP contribution is -2.37. The lowest BCUT2D eigenvalue weighted by molar-refractivity contribution is 0.0697. The topological polar surface area (TPSA) is 90.5 Å². The monoisotopic (exact) mass is 384 g/mol. The third-order valence-electron chi connectivity index (χ3n) is 5.07. The van der Waals surface area contributed by atoms with E-state index in [-0.39, 0.29) is 17.9 Å². The molecular formula is C20H20N2O4S. The Kier molecular flexibility index (Phi) is 4.49. The molecule has 0 fully saturated rings. The molecule has 0 saturated heterocycles. The van der Waals surface area contributed by atoms with Crippen molar-refractivity contribution in [3.05, 3.63) is 70.9 Å². The second-order valence-corrected chi connectivity index (χ2v) is 8.87. The Morgan fingerprint density at radius 3 is 2.67 bits per heavy atom. The van der Waals surface area contributed by atoms with Crippen molar-refractivity contribution in [1.29, 1.82) is 0 Å². The first-order chi connectivity index (χ1) is 12.9. The molecule has 140 valence electrons. The Morgan fingerprint density at radius 2 is 1.93 bits per heavy atom. The van der Waals surface area contributed by atoms with Crippen LogP contribution in [0.25, 0.3) is 10.9 Å². The molecule has 1 aliphatic heterocycles. The highest BCUT2D eigenvalue weighted by atomic mass is 32.2. The first-order valence-corrected chi connectivity index (χ1v) is 10.4.